The maximum Gasteiger partial charge on any atom is 0.338 e. The van der Waals surface area contributed by atoms with Gasteiger partial charge in [-0.1, -0.05) is 12.1 Å². The fraction of sp³-hybridized carbons (Fsp3) is 0.273. The molecule has 1 atom stereocenters. The Balaban J connectivity index is 1.89. The number of methoxy groups -OCH3 is 3. The van der Waals surface area contributed by atoms with Crippen molar-refractivity contribution >= 4 is 12.0 Å². The van der Waals surface area contributed by atoms with Crippen molar-refractivity contribution in [2.24, 2.45) is 0 Å². The number of hydrogen-bond donors (Lipinski definition) is 2. The van der Waals surface area contributed by atoms with E-state index in [1.54, 1.807) is 44.4 Å². The van der Waals surface area contributed by atoms with Crippen LogP contribution in [0.4, 0.5) is 4.79 Å². The lowest BCUT2D eigenvalue weighted by Gasteiger charge is -2.29. The van der Waals surface area contributed by atoms with Crippen LogP contribution in [0.5, 0.6) is 17.2 Å². The number of urea groups is 1. The summed E-state index contributed by atoms with van der Waals surface area (Å²) in [5.74, 6) is 1.25. The highest BCUT2D eigenvalue weighted by Gasteiger charge is 2.34. The van der Waals surface area contributed by atoms with Crippen LogP contribution in [0, 0.1) is 0 Å². The van der Waals surface area contributed by atoms with Crippen molar-refractivity contribution < 1.29 is 28.5 Å². The molecule has 8 heteroatoms. The number of esters is 1. The molecule has 30 heavy (non-hydrogen) atoms. The average molecular weight is 412 g/mol. The highest BCUT2D eigenvalue weighted by Crippen LogP contribution is 2.36. The maximum absolute atomic E-state index is 13.0. The molecule has 0 radical (unpaired) electrons. The number of nitrogens with one attached hydrogen (secondary N) is 2. The Kier molecular flexibility index (Phi) is 6.46. The van der Waals surface area contributed by atoms with E-state index in [1.807, 2.05) is 12.1 Å². The minimum Gasteiger partial charge on any atom is -0.497 e. The average Bonchev–Trinajstić information content (AvgIpc) is 2.76. The quantitative estimate of drug-likeness (QED) is 0.679. The number of carbonyl (C=O) groups is 2. The maximum atomic E-state index is 13.0. The summed E-state index contributed by atoms with van der Waals surface area (Å²) in [4.78, 5) is 25.1. The van der Waals surface area contributed by atoms with Gasteiger partial charge in [-0.2, -0.15) is 0 Å². The van der Waals surface area contributed by atoms with Gasteiger partial charge in [0.2, 0.25) is 0 Å². The molecule has 0 bridgehead atoms. The second-order valence-electron chi connectivity index (χ2n) is 6.60. The Morgan fingerprint density at radius 3 is 2.27 bits per heavy atom. The van der Waals surface area contributed by atoms with Crippen molar-refractivity contribution in [2.45, 2.75) is 19.6 Å². The molecule has 0 aromatic heterocycles. The number of ether oxygens (including phenoxy) is 4. The minimum atomic E-state index is -0.757. The second kappa shape index (κ2) is 9.21. The van der Waals surface area contributed by atoms with Crippen LogP contribution in [0.1, 0.15) is 24.1 Å². The highest BCUT2D eigenvalue weighted by atomic mass is 16.5. The molecule has 0 saturated heterocycles. The van der Waals surface area contributed by atoms with Crippen LogP contribution in [0.15, 0.2) is 53.7 Å². The molecule has 1 heterocycles. The fourth-order valence-corrected chi connectivity index (χ4v) is 3.21. The summed E-state index contributed by atoms with van der Waals surface area (Å²) in [6.45, 7) is 1.73. The highest BCUT2D eigenvalue weighted by molar-refractivity contribution is 5.95. The van der Waals surface area contributed by atoms with Crippen molar-refractivity contribution in [3.8, 4) is 17.2 Å². The van der Waals surface area contributed by atoms with E-state index in [0.29, 0.717) is 28.5 Å². The van der Waals surface area contributed by atoms with Crippen molar-refractivity contribution in [1.29, 1.82) is 0 Å². The zero-order valence-corrected chi connectivity index (χ0v) is 17.3. The third-order valence-electron chi connectivity index (χ3n) is 4.77. The lowest BCUT2D eigenvalue weighted by Crippen LogP contribution is -2.45. The zero-order valence-electron chi connectivity index (χ0n) is 17.3. The smallest absolute Gasteiger partial charge is 0.338 e. The van der Waals surface area contributed by atoms with E-state index < -0.39 is 18.0 Å². The molecular formula is C22H24N2O6. The fourth-order valence-electron chi connectivity index (χ4n) is 3.21. The summed E-state index contributed by atoms with van der Waals surface area (Å²) < 4.78 is 21.4. The van der Waals surface area contributed by atoms with E-state index >= 15 is 0 Å². The van der Waals surface area contributed by atoms with Gasteiger partial charge in [-0.05, 0) is 42.8 Å². The Morgan fingerprint density at radius 1 is 0.967 bits per heavy atom. The molecule has 0 fully saturated rings. The molecule has 3 rings (SSSR count). The SMILES string of the molecule is COc1ccc(COC(=O)C2=C(C)NC(=O)N[C@@H]2c2cc(OC)ccc2OC)cc1. The van der Waals surface area contributed by atoms with Crippen LogP contribution in [0.2, 0.25) is 0 Å². The lowest BCUT2D eigenvalue weighted by molar-refractivity contribution is -0.140. The lowest BCUT2D eigenvalue weighted by atomic mass is 9.94. The molecular weight excluding hydrogens is 388 g/mol. The molecule has 2 N–H and O–H groups in total. The number of rotatable bonds is 7. The second-order valence-corrected chi connectivity index (χ2v) is 6.60. The summed E-state index contributed by atoms with van der Waals surface area (Å²) in [6, 6.07) is 11.2. The van der Waals surface area contributed by atoms with Crippen LogP contribution < -0.4 is 24.8 Å². The predicted octanol–water partition coefficient (Wildman–Crippen LogP) is 3.08. The molecule has 2 aromatic rings. The third-order valence-corrected chi connectivity index (χ3v) is 4.77. The molecule has 1 aliphatic heterocycles. The number of benzene rings is 2. The van der Waals surface area contributed by atoms with Crippen LogP contribution in [-0.4, -0.2) is 33.3 Å². The third kappa shape index (κ3) is 4.48. The first-order chi connectivity index (χ1) is 14.5. The molecule has 2 aromatic carbocycles. The topological polar surface area (TPSA) is 95.1 Å². The molecule has 0 unspecified atom stereocenters. The standard InChI is InChI=1S/C22H24N2O6/c1-13-19(21(25)30-12-14-5-7-15(27-2)8-6-14)20(24-22(26)23-13)17-11-16(28-3)9-10-18(17)29-4/h5-11,20H,12H2,1-4H3,(H2,23,24,26)/t20-/m1/s1. The Bertz CT molecular complexity index is 968. The molecule has 158 valence electrons. The molecule has 8 nitrogen and oxygen atoms in total. The van der Waals surface area contributed by atoms with Gasteiger partial charge >= 0.3 is 12.0 Å². The van der Waals surface area contributed by atoms with E-state index in [0.717, 1.165) is 5.56 Å². The first-order valence-electron chi connectivity index (χ1n) is 9.27. The van der Waals surface area contributed by atoms with Crippen LogP contribution in [0.3, 0.4) is 0 Å². The van der Waals surface area contributed by atoms with E-state index in [9.17, 15) is 9.59 Å². The molecule has 0 saturated carbocycles. The molecule has 2 amide bonds. The van der Waals surface area contributed by atoms with Gasteiger partial charge in [-0.25, -0.2) is 9.59 Å². The predicted molar refractivity (Wildman–Crippen MR) is 109 cm³/mol. The summed E-state index contributed by atoms with van der Waals surface area (Å²) in [5, 5.41) is 5.40. The summed E-state index contributed by atoms with van der Waals surface area (Å²) in [5.41, 5.74) is 2.09. The number of amides is 2. The van der Waals surface area contributed by atoms with Crippen LogP contribution in [-0.2, 0) is 16.1 Å². The van der Waals surface area contributed by atoms with Crippen molar-refractivity contribution in [3.05, 3.63) is 64.9 Å². The summed E-state index contributed by atoms with van der Waals surface area (Å²) >= 11 is 0. The van der Waals surface area contributed by atoms with E-state index in [1.165, 1.54) is 14.2 Å². The Hall–Kier alpha value is -3.68. The monoisotopic (exact) mass is 412 g/mol. The Labute approximate surface area is 174 Å². The van der Waals surface area contributed by atoms with E-state index in [4.69, 9.17) is 18.9 Å². The van der Waals surface area contributed by atoms with Gasteiger partial charge in [0, 0.05) is 11.3 Å². The molecule has 0 spiro atoms. The normalized spacial score (nSPS) is 15.7. The van der Waals surface area contributed by atoms with Crippen LogP contribution >= 0.6 is 0 Å². The number of hydrogen-bond acceptors (Lipinski definition) is 6. The van der Waals surface area contributed by atoms with Crippen LogP contribution in [0.25, 0.3) is 0 Å². The largest absolute Gasteiger partial charge is 0.497 e. The van der Waals surface area contributed by atoms with Crippen molar-refractivity contribution in [3.63, 3.8) is 0 Å². The van der Waals surface area contributed by atoms with E-state index in [2.05, 4.69) is 10.6 Å². The van der Waals surface area contributed by atoms with Gasteiger partial charge in [-0.15, -0.1) is 0 Å². The van der Waals surface area contributed by atoms with Crippen molar-refractivity contribution in [1.82, 2.24) is 10.6 Å². The van der Waals surface area contributed by atoms with Gasteiger partial charge in [0.1, 0.15) is 23.9 Å². The first-order valence-corrected chi connectivity index (χ1v) is 9.27. The first kappa shape index (κ1) is 21.0. The Morgan fingerprint density at radius 2 is 1.63 bits per heavy atom. The van der Waals surface area contributed by atoms with Gasteiger partial charge in [0.25, 0.3) is 0 Å². The zero-order chi connectivity index (χ0) is 21.7. The van der Waals surface area contributed by atoms with Gasteiger partial charge in [0.15, 0.2) is 0 Å². The number of allylic oxidation sites excluding steroid dienone is 1. The number of carbonyl (C=O) groups excluding carboxylic acids is 2. The van der Waals surface area contributed by atoms with Gasteiger partial charge in [0.05, 0.1) is 32.9 Å². The van der Waals surface area contributed by atoms with Gasteiger partial charge < -0.3 is 29.6 Å². The molecule has 1 aliphatic rings. The minimum absolute atomic E-state index is 0.0789. The van der Waals surface area contributed by atoms with Crippen molar-refractivity contribution in [2.75, 3.05) is 21.3 Å². The molecule has 0 aliphatic carbocycles. The van der Waals surface area contributed by atoms with E-state index in [-0.39, 0.29) is 12.2 Å². The van der Waals surface area contributed by atoms with Gasteiger partial charge in [-0.3, -0.25) is 0 Å². The summed E-state index contributed by atoms with van der Waals surface area (Å²) in [6.07, 6.45) is 0. The summed E-state index contributed by atoms with van der Waals surface area (Å²) in [7, 11) is 4.64.